The summed E-state index contributed by atoms with van der Waals surface area (Å²) in [6.07, 6.45) is 1.44. The summed E-state index contributed by atoms with van der Waals surface area (Å²) in [6, 6.07) is 37.4. The first-order chi connectivity index (χ1) is 41.0. The molecule has 0 saturated carbocycles. The first kappa shape index (κ1) is 65.1. The van der Waals surface area contributed by atoms with E-state index in [9.17, 15) is 59.1 Å². The number of piperazine rings is 3. The van der Waals surface area contributed by atoms with E-state index in [0.717, 1.165) is 0 Å². The molecule has 3 saturated heterocycles. The van der Waals surface area contributed by atoms with Gasteiger partial charge in [-0.2, -0.15) is 0 Å². The molecule has 0 spiro atoms. The molecule has 0 N–H and O–H groups in total. The number of aromatic nitrogens is 3. The number of thiophene rings is 1. The van der Waals surface area contributed by atoms with E-state index in [1.54, 1.807) is 125 Å². The molecule has 9 aromatic rings. The van der Waals surface area contributed by atoms with E-state index in [2.05, 4.69) is 0 Å². The first-order valence-electron chi connectivity index (χ1n) is 27.0. The molecular weight excluding hydrogens is 1150 g/mol. The fourth-order valence-electron chi connectivity index (χ4n) is 11.1. The minimum Gasteiger partial charge on any atom is -0.459 e. The van der Waals surface area contributed by atoms with Gasteiger partial charge in [0.25, 0.3) is 17.7 Å². The van der Waals surface area contributed by atoms with Gasteiger partial charge in [0.05, 0.1) is 42.5 Å². The number of nitrogens with zero attached hydrogens (tertiary/aromatic N) is 12. The standard InChI is InChI=1S/C21H20N4O4.C19H18N4O5.C19H18N4O4S.3CH4/c1-22-17-10-6-5-9-16(17)18(19(21(22)27)25(28)29)23-11-13-24(14-12-23)20(26)15-7-3-2-4-8-15;2*1-20-14-6-3-2-5-13(14)16(17(19(20)25)23(26)27)21-8-10-22(11-9-21)18(24)15-7-4-12-28-15;;;/h2-10H,11-14H2,1H3;2*2-7,12H,8-11H2,1H3;3*1H4. The number of nitro groups is 3. The molecule has 0 bridgehead atoms. The van der Waals surface area contributed by atoms with Crippen molar-refractivity contribution in [3.8, 4) is 0 Å². The van der Waals surface area contributed by atoms with Gasteiger partial charge in [-0.3, -0.25) is 59.1 Å². The second kappa shape index (κ2) is 27.7. The summed E-state index contributed by atoms with van der Waals surface area (Å²) in [5.41, 5.74) is 0.329. The fraction of sp³-hybridized carbons (Fsp3) is 0.290. The highest BCUT2D eigenvalue weighted by atomic mass is 32.1. The van der Waals surface area contributed by atoms with Crippen molar-refractivity contribution in [2.24, 2.45) is 21.1 Å². The van der Waals surface area contributed by atoms with Crippen LogP contribution in [0.1, 0.15) is 52.9 Å². The summed E-state index contributed by atoms with van der Waals surface area (Å²) in [4.78, 5) is 120. The van der Waals surface area contributed by atoms with Gasteiger partial charge in [0.15, 0.2) is 5.76 Å². The molecule has 5 aromatic heterocycles. The van der Waals surface area contributed by atoms with Gasteiger partial charge in [0.2, 0.25) is 0 Å². The van der Waals surface area contributed by atoms with Crippen LogP contribution in [-0.2, 0) is 21.1 Å². The smallest absolute Gasteiger partial charge is 0.357 e. The van der Waals surface area contributed by atoms with Crippen LogP contribution >= 0.6 is 11.3 Å². The number of para-hydroxylation sites is 3. The minimum atomic E-state index is -0.646. The van der Waals surface area contributed by atoms with Crippen molar-refractivity contribution >= 4 is 95.9 Å². The van der Waals surface area contributed by atoms with Crippen LogP contribution in [-0.4, -0.2) is 139 Å². The second-order valence-corrected chi connectivity index (χ2v) is 21.1. The Hall–Kier alpha value is -10.5. The molecule has 26 heteroatoms. The van der Waals surface area contributed by atoms with E-state index < -0.39 is 48.5 Å². The van der Waals surface area contributed by atoms with E-state index in [-0.39, 0.29) is 45.8 Å². The lowest BCUT2D eigenvalue weighted by molar-refractivity contribution is -0.385. The van der Waals surface area contributed by atoms with Crippen LogP contribution in [0.2, 0.25) is 0 Å². The molecule has 460 valence electrons. The highest BCUT2D eigenvalue weighted by Crippen LogP contribution is 2.37. The zero-order chi connectivity index (χ0) is 60.2. The highest BCUT2D eigenvalue weighted by Gasteiger charge is 2.35. The van der Waals surface area contributed by atoms with Crippen molar-refractivity contribution in [2.45, 2.75) is 22.3 Å². The summed E-state index contributed by atoms with van der Waals surface area (Å²) in [5, 5.41) is 39.0. The summed E-state index contributed by atoms with van der Waals surface area (Å²) in [6.45, 7) is 4.92. The summed E-state index contributed by atoms with van der Waals surface area (Å²) < 4.78 is 9.08. The SMILES string of the molecule is C.C.C.Cn1c(=O)c([N+](=O)[O-])c(N2CCN(C(=O)c3ccccc3)CC2)c2ccccc21.Cn1c(=O)c([N+](=O)[O-])c(N2CCN(C(=O)c3ccco3)CC2)c2ccccc21.Cn1c(=O)c([N+](=O)[O-])c(N2CCN(C(=O)c3cccs3)CC2)c2ccccc21. The number of carbonyl (C=O) groups excluding carboxylic acids is 3. The second-order valence-electron chi connectivity index (χ2n) is 20.2. The van der Waals surface area contributed by atoms with E-state index in [1.165, 1.54) is 45.4 Å². The molecule has 8 heterocycles. The van der Waals surface area contributed by atoms with Gasteiger partial charge >= 0.3 is 33.7 Å². The predicted octanol–water partition coefficient (Wildman–Crippen LogP) is 8.79. The maximum Gasteiger partial charge on any atom is 0.357 e. The third-order valence-corrected chi connectivity index (χ3v) is 16.3. The molecule has 3 fully saturated rings. The molecule has 4 aromatic carbocycles. The molecule has 0 radical (unpaired) electrons. The third-order valence-electron chi connectivity index (χ3n) is 15.4. The van der Waals surface area contributed by atoms with Crippen LogP contribution in [0.3, 0.4) is 0 Å². The topological polar surface area (TPSA) is 279 Å². The Morgan fingerprint density at radius 1 is 0.420 bits per heavy atom. The summed E-state index contributed by atoms with van der Waals surface area (Å²) in [7, 11) is 4.61. The molecule has 88 heavy (non-hydrogen) atoms. The lowest BCUT2D eigenvalue weighted by Gasteiger charge is -2.36. The molecule has 0 unspecified atom stereocenters. The average Bonchev–Trinajstić information content (AvgIpc) is 1.68. The van der Waals surface area contributed by atoms with Gasteiger partial charge in [0, 0.05) is 121 Å². The number of fused-ring (bicyclic) bond motifs is 3. The lowest BCUT2D eigenvalue weighted by atomic mass is 10.1. The Morgan fingerprint density at radius 3 is 1.09 bits per heavy atom. The minimum absolute atomic E-state index is 0. The maximum absolute atomic E-state index is 12.7. The summed E-state index contributed by atoms with van der Waals surface area (Å²) in [5.74, 6) is -0.0435. The van der Waals surface area contributed by atoms with Crippen LogP contribution in [0, 0.1) is 30.3 Å². The van der Waals surface area contributed by atoms with E-state index in [1.807, 2.05) is 44.3 Å². The molecule has 3 aliphatic rings. The van der Waals surface area contributed by atoms with Crippen molar-refractivity contribution in [3.63, 3.8) is 0 Å². The van der Waals surface area contributed by atoms with Gasteiger partial charge in [-0.05, 0) is 53.9 Å². The molecule has 25 nitrogen and oxygen atoms in total. The van der Waals surface area contributed by atoms with Crippen molar-refractivity contribution in [1.29, 1.82) is 0 Å². The largest absolute Gasteiger partial charge is 0.459 e. The fourth-order valence-corrected chi connectivity index (χ4v) is 11.8. The molecular formula is C62H68N12O13S. The number of rotatable bonds is 9. The van der Waals surface area contributed by atoms with E-state index in [4.69, 9.17) is 4.42 Å². The Kier molecular flexibility index (Phi) is 20.5. The normalized spacial score (nSPS) is 13.9. The van der Waals surface area contributed by atoms with E-state index >= 15 is 0 Å². The van der Waals surface area contributed by atoms with Crippen molar-refractivity contribution in [3.05, 3.63) is 217 Å². The van der Waals surface area contributed by atoms with Gasteiger partial charge in [0.1, 0.15) is 17.1 Å². The molecule has 12 rings (SSSR count). The quantitative estimate of drug-likeness (QED) is 0.0964. The van der Waals surface area contributed by atoms with Crippen LogP contribution < -0.4 is 31.4 Å². The Balaban J connectivity index is 0.000000185. The number of amides is 3. The average molecular weight is 1220 g/mol. The van der Waals surface area contributed by atoms with Gasteiger partial charge in [-0.1, -0.05) is 101 Å². The maximum atomic E-state index is 12.7. The zero-order valence-corrected chi connectivity index (χ0v) is 47.2. The number of anilines is 3. The number of pyridine rings is 3. The number of aryl methyl sites for hydroxylation is 3. The van der Waals surface area contributed by atoms with Crippen LogP contribution in [0.15, 0.2) is 158 Å². The van der Waals surface area contributed by atoms with Crippen molar-refractivity contribution < 1.29 is 33.6 Å². The zero-order valence-electron chi connectivity index (χ0n) is 46.3. The van der Waals surface area contributed by atoms with Crippen molar-refractivity contribution in [2.75, 3.05) is 93.2 Å². The molecule has 3 aliphatic heterocycles. The Bertz CT molecular complexity index is 4060. The summed E-state index contributed by atoms with van der Waals surface area (Å²) >= 11 is 1.40. The van der Waals surface area contributed by atoms with Gasteiger partial charge in [-0.15, -0.1) is 11.3 Å². The van der Waals surface area contributed by atoms with Crippen LogP contribution in [0.5, 0.6) is 0 Å². The number of hydrogen-bond donors (Lipinski definition) is 0. The third kappa shape index (κ3) is 12.6. The van der Waals surface area contributed by atoms with Crippen LogP contribution in [0.4, 0.5) is 34.1 Å². The van der Waals surface area contributed by atoms with Crippen LogP contribution in [0.25, 0.3) is 32.7 Å². The molecule has 3 amide bonds. The Morgan fingerprint density at radius 2 is 0.761 bits per heavy atom. The molecule has 0 aliphatic carbocycles. The first-order valence-corrected chi connectivity index (χ1v) is 27.9. The number of furan rings is 1. The number of hydrogen-bond acceptors (Lipinski definition) is 17. The van der Waals surface area contributed by atoms with Gasteiger partial charge < -0.3 is 47.5 Å². The van der Waals surface area contributed by atoms with Crippen molar-refractivity contribution in [1.82, 2.24) is 28.4 Å². The predicted molar refractivity (Wildman–Crippen MR) is 342 cm³/mol. The number of carbonyl (C=O) groups is 3. The monoisotopic (exact) mass is 1220 g/mol. The van der Waals surface area contributed by atoms with E-state index in [0.29, 0.717) is 139 Å². The highest BCUT2D eigenvalue weighted by molar-refractivity contribution is 7.12. The van der Waals surface area contributed by atoms with Gasteiger partial charge in [-0.25, -0.2) is 0 Å². The lowest BCUT2D eigenvalue weighted by Crippen LogP contribution is -2.49. The number of benzene rings is 4. The Labute approximate surface area is 509 Å². The molecule has 0 atom stereocenters.